The zero-order valence-corrected chi connectivity index (χ0v) is 10.5. The van der Waals surface area contributed by atoms with E-state index in [0.29, 0.717) is 5.75 Å². The monoisotopic (exact) mass is 462 g/mol. The number of para-hydroxylation sites is 1. The second kappa shape index (κ2) is 6.52. The Morgan fingerprint density at radius 3 is 1.56 bits per heavy atom. The molecule has 1 nitrogen and oxygen atoms in total. The molecule has 0 bridgehead atoms. The van der Waals surface area contributed by atoms with Crippen LogP contribution < -0.4 is 0 Å². The van der Waals surface area contributed by atoms with E-state index < -0.39 is 0 Å². The number of phenols is 1. The van der Waals surface area contributed by atoms with Crippen LogP contribution in [0.15, 0.2) is 30.3 Å². The molecule has 9 heavy (non-hydrogen) atoms. The van der Waals surface area contributed by atoms with E-state index in [4.69, 9.17) is 5.11 Å². The van der Waals surface area contributed by atoms with Crippen molar-refractivity contribution in [2.45, 2.75) is 0 Å². The van der Waals surface area contributed by atoms with Crippen LogP contribution in [0.1, 0.15) is 0 Å². The molecule has 0 amide bonds. The summed E-state index contributed by atoms with van der Waals surface area (Å²) in [5, 5.41) is 8.63. The van der Waals surface area contributed by atoms with Crippen molar-refractivity contribution in [2.75, 3.05) is 0 Å². The van der Waals surface area contributed by atoms with Gasteiger partial charge in [-0.15, -0.1) is 0 Å². The van der Waals surface area contributed by atoms with Crippen LogP contribution in [-0.4, -0.2) is 5.11 Å². The summed E-state index contributed by atoms with van der Waals surface area (Å²) in [4.78, 5) is 0. The van der Waals surface area contributed by atoms with Crippen molar-refractivity contribution < 1.29 is 47.2 Å². The molecule has 0 atom stereocenters. The molecule has 0 aromatic heterocycles. The van der Waals surface area contributed by atoms with E-state index in [-0.39, 0.29) is 42.1 Å². The summed E-state index contributed by atoms with van der Waals surface area (Å²) in [5.74, 6) is 0.322. The van der Waals surface area contributed by atoms with Gasteiger partial charge >= 0.3 is 0 Å². The Balaban J connectivity index is 0. The summed E-state index contributed by atoms with van der Waals surface area (Å²) in [6.45, 7) is 0. The molecule has 0 aliphatic rings. The summed E-state index contributed by atoms with van der Waals surface area (Å²) in [6.07, 6.45) is 0. The van der Waals surface area contributed by atoms with E-state index in [0.717, 1.165) is 0 Å². The summed E-state index contributed by atoms with van der Waals surface area (Å²) in [5.41, 5.74) is 0. The predicted molar refractivity (Wildman–Crippen MR) is 28.1 cm³/mol. The second-order valence-electron chi connectivity index (χ2n) is 1.34. The minimum atomic E-state index is 0. The molecule has 48 valence electrons. The molecule has 0 fully saturated rings. The predicted octanol–water partition coefficient (Wildman–Crippen LogP) is 1.39. The van der Waals surface area contributed by atoms with Crippen molar-refractivity contribution >= 4 is 0 Å². The van der Waals surface area contributed by atoms with E-state index >= 15 is 0 Å². The summed E-state index contributed by atoms with van der Waals surface area (Å²) in [7, 11) is 0. The van der Waals surface area contributed by atoms with Gasteiger partial charge in [0.2, 0.25) is 0 Å². The minimum Gasteiger partial charge on any atom is -0.508 e. The van der Waals surface area contributed by atoms with Gasteiger partial charge in [0.25, 0.3) is 0 Å². The fourth-order valence-electron chi connectivity index (χ4n) is 0.428. The van der Waals surface area contributed by atoms with Gasteiger partial charge in [-0.25, -0.2) is 0 Å². The molecule has 0 unspecified atom stereocenters. The number of aromatic hydroxyl groups is 1. The zero-order chi connectivity index (χ0) is 5.11. The average Bonchev–Trinajstić information content (AvgIpc) is 1.69. The van der Waals surface area contributed by atoms with Gasteiger partial charge in [-0.1, -0.05) is 18.2 Å². The van der Waals surface area contributed by atoms with Gasteiger partial charge < -0.3 is 5.11 Å². The van der Waals surface area contributed by atoms with Gasteiger partial charge in [-0.3, -0.25) is 0 Å². The Morgan fingerprint density at radius 2 is 1.33 bits per heavy atom. The van der Waals surface area contributed by atoms with Crippen LogP contribution >= 0.6 is 0 Å². The molecule has 0 saturated heterocycles. The summed E-state index contributed by atoms with van der Waals surface area (Å²) in [6, 6.07) is 8.71. The van der Waals surface area contributed by atoms with Crippen LogP contribution in [0.2, 0.25) is 0 Å². The summed E-state index contributed by atoms with van der Waals surface area (Å²) < 4.78 is 0. The molecule has 1 aromatic carbocycles. The topological polar surface area (TPSA) is 20.2 Å². The van der Waals surface area contributed by atoms with Gasteiger partial charge in [-0.05, 0) is 12.1 Å². The van der Waals surface area contributed by atoms with Crippen LogP contribution in [0.25, 0.3) is 0 Å². The van der Waals surface area contributed by atoms with Crippen LogP contribution in [0.4, 0.5) is 0 Å². The van der Waals surface area contributed by atoms with Crippen LogP contribution in [0.5, 0.6) is 5.75 Å². The maximum absolute atomic E-state index is 8.63. The van der Waals surface area contributed by atoms with E-state index in [2.05, 4.69) is 0 Å². The fraction of sp³-hybridized carbons (Fsp3) is 0. The smallest absolute Gasteiger partial charge is 0.115 e. The maximum Gasteiger partial charge on any atom is 0.115 e. The second-order valence-corrected chi connectivity index (χ2v) is 1.34. The Bertz CT molecular complexity index is 141. The van der Waals surface area contributed by atoms with Crippen LogP contribution in [0, 0.1) is 0 Å². The average molecular weight is 462 g/mol. The molecule has 1 aromatic rings. The largest absolute Gasteiger partial charge is 0.508 e. The molecule has 1 N–H and O–H groups in total. The van der Waals surface area contributed by atoms with E-state index in [1.165, 1.54) is 0 Å². The van der Waals surface area contributed by atoms with Crippen molar-refractivity contribution in [2.24, 2.45) is 0 Å². The van der Waals surface area contributed by atoms with Gasteiger partial charge in [0.15, 0.2) is 0 Å². The summed E-state index contributed by atoms with van der Waals surface area (Å²) >= 11 is 0. The number of benzene rings is 1. The number of hydrogen-bond donors (Lipinski definition) is 1. The first-order chi connectivity index (χ1) is 3.39. The molecular formula is C6H6OW2. The van der Waals surface area contributed by atoms with Gasteiger partial charge in [-0.2, -0.15) is 0 Å². The Labute approximate surface area is 83.0 Å². The van der Waals surface area contributed by atoms with Gasteiger partial charge in [0, 0.05) is 42.1 Å². The first-order valence-electron chi connectivity index (χ1n) is 2.13. The fourth-order valence-corrected chi connectivity index (χ4v) is 0.428. The Morgan fingerprint density at radius 1 is 0.889 bits per heavy atom. The maximum atomic E-state index is 8.63. The Kier molecular flexibility index (Phi) is 8.77. The third-order valence-corrected chi connectivity index (χ3v) is 0.756. The quantitative estimate of drug-likeness (QED) is 0.619. The van der Waals surface area contributed by atoms with Crippen LogP contribution in [-0.2, 0) is 42.1 Å². The van der Waals surface area contributed by atoms with Gasteiger partial charge in [0.1, 0.15) is 5.75 Å². The molecule has 0 radical (unpaired) electrons. The molecule has 0 saturated carbocycles. The zero-order valence-electron chi connectivity index (χ0n) is 4.65. The van der Waals surface area contributed by atoms with Crippen molar-refractivity contribution in [1.29, 1.82) is 0 Å². The third-order valence-electron chi connectivity index (χ3n) is 0.756. The number of phenolic OH excluding ortho intramolecular Hbond substituents is 1. The van der Waals surface area contributed by atoms with Crippen LogP contribution in [0.3, 0.4) is 0 Å². The molecule has 3 heteroatoms. The number of rotatable bonds is 0. The van der Waals surface area contributed by atoms with Crippen molar-refractivity contribution in [3.05, 3.63) is 30.3 Å². The van der Waals surface area contributed by atoms with Crippen molar-refractivity contribution in [1.82, 2.24) is 0 Å². The SMILES string of the molecule is Oc1ccccc1.[W].[W]. The molecular weight excluding hydrogens is 456 g/mol. The van der Waals surface area contributed by atoms with Crippen molar-refractivity contribution in [3.8, 4) is 5.75 Å². The molecule has 1 rings (SSSR count). The number of hydrogen-bond acceptors (Lipinski definition) is 1. The third kappa shape index (κ3) is 4.87. The normalized spacial score (nSPS) is 6.67. The molecule has 0 aliphatic carbocycles. The standard InChI is InChI=1S/C6H6O.2W/c7-6-4-2-1-3-5-6;;/h1-5,7H;;. The minimum absolute atomic E-state index is 0. The first kappa shape index (κ1) is 12.1. The van der Waals surface area contributed by atoms with Gasteiger partial charge in [0.05, 0.1) is 0 Å². The van der Waals surface area contributed by atoms with E-state index in [1.54, 1.807) is 24.3 Å². The molecule has 0 heterocycles. The van der Waals surface area contributed by atoms with E-state index in [1.807, 2.05) is 6.07 Å². The van der Waals surface area contributed by atoms with E-state index in [9.17, 15) is 0 Å². The molecule has 0 aliphatic heterocycles. The first-order valence-corrected chi connectivity index (χ1v) is 2.13. The molecule has 0 spiro atoms. The van der Waals surface area contributed by atoms with Crippen molar-refractivity contribution in [3.63, 3.8) is 0 Å². The Hall–Kier alpha value is 0.397.